The molecule has 0 saturated heterocycles. The number of ether oxygens (including phenoxy) is 1. The number of halogens is 5. The number of amides is 2. The Kier molecular flexibility index (Phi) is 5.71. The molecule has 0 fully saturated rings. The number of anilines is 2. The molecule has 1 aliphatic rings. The second kappa shape index (κ2) is 7.89. The maximum Gasteiger partial charge on any atom is 0.409 e. The third-order valence-electron chi connectivity index (χ3n) is 4.04. The van der Waals surface area contributed by atoms with Crippen LogP contribution < -0.4 is 15.0 Å². The second-order valence-corrected chi connectivity index (χ2v) is 6.72. The zero-order chi connectivity index (χ0) is 20.5. The lowest BCUT2D eigenvalue weighted by molar-refractivity contribution is -0.158. The minimum Gasteiger partial charge on any atom is -0.482 e. The van der Waals surface area contributed by atoms with Crippen LogP contribution in [0.15, 0.2) is 42.5 Å². The van der Waals surface area contributed by atoms with Crippen molar-refractivity contribution in [3.63, 3.8) is 0 Å². The van der Waals surface area contributed by atoms with Crippen LogP contribution in [-0.2, 0) is 9.59 Å². The van der Waals surface area contributed by atoms with Gasteiger partial charge in [0.05, 0.1) is 22.8 Å². The van der Waals surface area contributed by atoms with E-state index < -0.39 is 37.1 Å². The van der Waals surface area contributed by atoms with Crippen LogP contribution in [0.1, 0.15) is 6.42 Å². The first-order valence-electron chi connectivity index (χ1n) is 8.03. The maximum absolute atomic E-state index is 13.6. The van der Waals surface area contributed by atoms with Crippen LogP contribution in [0.5, 0.6) is 5.75 Å². The fraction of sp³-hybridized carbons (Fsp3) is 0.222. The van der Waals surface area contributed by atoms with Gasteiger partial charge in [-0.2, -0.15) is 13.2 Å². The molecule has 28 heavy (non-hydrogen) atoms. The second-order valence-electron chi connectivity index (χ2n) is 5.93. The Morgan fingerprint density at radius 1 is 1.18 bits per heavy atom. The molecule has 0 aliphatic carbocycles. The predicted molar refractivity (Wildman–Crippen MR) is 99.0 cm³/mol. The SMILES string of the molecule is O=C1CC(C(F)(F)F)N(C(=O)COc2cccc(Cl)c2Cl)c2ccccc2N1. The molecule has 0 spiro atoms. The van der Waals surface area contributed by atoms with Gasteiger partial charge in [-0.05, 0) is 24.3 Å². The molecule has 1 aliphatic heterocycles. The van der Waals surface area contributed by atoms with Crippen LogP contribution in [-0.4, -0.2) is 30.6 Å². The number of rotatable bonds is 3. The Balaban J connectivity index is 1.94. The largest absolute Gasteiger partial charge is 0.482 e. The van der Waals surface area contributed by atoms with Crippen molar-refractivity contribution in [3.05, 3.63) is 52.5 Å². The number of nitrogens with zero attached hydrogens (tertiary/aromatic N) is 1. The Labute approximate surface area is 168 Å². The maximum atomic E-state index is 13.6. The number of hydrogen-bond acceptors (Lipinski definition) is 3. The van der Waals surface area contributed by atoms with Crippen molar-refractivity contribution in [2.45, 2.75) is 18.6 Å². The molecule has 1 N–H and O–H groups in total. The topological polar surface area (TPSA) is 58.6 Å². The summed E-state index contributed by atoms with van der Waals surface area (Å²) in [5.41, 5.74) is 0.0369. The Hall–Kier alpha value is -2.45. The molecule has 3 rings (SSSR count). The first kappa shape index (κ1) is 20.3. The van der Waals surface area contributed by atoms with Gasteiger partial charge in [-0.25, -0.2) is 0 Å². The number of benzene rings is 2. The van der Waals surface area contributed by atoms with Gasteiger partial charge in [0.2, 0.25) is 5.91 Å². The van der Waals surface area contributed by atoms with Gasteiger partial charge in [-0.1, -0.05) is 41.4 Å². The molecule has 2 amide bonds. The van der Waals surface area contributed by atoms with Crippen LogP contribution >= 0.6 is 23.2 Å². The Morgan fingerprint density at radius 3 is 2.61 bits per heavy atom. The van der Waals surface area contributed by atoms with Crippen LogP contribution in [0.25, 0.3) is 0 Å². The van der Waals surface area contributed by atoms with E-state index in [4.69, 9.17) is 27.9 Å². The molecule has 0 radical (unpaired) electrons. The third kappa shape index (κ3) is 4.18. The van der Waals surface area contributed by atoms with Gasteiger partial charge in [-0.15, -0.1) is 0 Å². The fourth-order valence-corrected chi connectivity index (χ4v) is 3.15. The summed E-state index contributed by atoms with van der Waals surface area (Å²) in [7, 11) is 0. The molecule has 1 atom stereocenters. The van der Waals surface area contributed by atoms with Gasteiger partial charge in [0.1, 0.15) is 16.8 Å². The van der Waals surface area contributed by atoms with E-state index in [2.05, 4.69) is 5.32 Å². The zero-order valence-corrected chi connectivity index (χ0v) is 15.6. The summed E-state index contributed by atoms with van der Waals surface area (Å²) in [5, 5.41) is 2.60. The van der Waals surface area contributed by atoms with E-state index in [-0.39, 0.29) is 27.2 Å². The highest BCUT2D eigenvalue weighted by atomic mass is 35.5. The van der Waals surface area contributed by atoms with Gasteiger partial charge in [0.25, 0.3) is 5.91 Å². The molecule has 5 nitrogen and oxygen atoms in total. The number of carbonyl (C=O) groups excluding carboxylic acids is 2. The molecular weight excluding hydrogens is 420 g/mol. The first-order valence-corrected chi connectivity index (χ1v) is 8.78. The number of hydrogen-bond donors (Lipinski definition) is 1. The van der Waals surface area contributed by atoms with Crippen molar-refractivity contribution < 1.29 is 27.5 Å². The standard InChI is InChI=1S/C18H13Cl2F3N2O3/c19-10-4-3-7-13(17(10)20)28-9-16(27)25-12-6-2-1-5-11(12)24-15(26)8-14(25)18(21,22)23/h1-7,14H,8-9H2,(H,24,26). The molecular formula is C18H13Cl2F3N2O3. The lowest BCUT2D eigenvalue weighted by Gasteiger charge is -2.31. The van der Waals surface area contributed by atoms with Crippen molar-refractivity contribution in [2.75, 3.05) is 16.8 Å². The highest BCUT2D eigenvalue weighted by Gasteiger charge is 2.49. The van der Waals surface area contributed by atoms with Crippen molar-refractivity contribution in [2.24, 2.45) is 0 Å². The van der Waals surface area contributed by atoms with E-state index in [1.807, 2.05) is 0 Å². The molecule has 2 aromatic carbocycles. The van der Waals surface area contributed by atoms with Crippen molar-refractivity contribution >= 4 is 46.4 Å². The van der Waals surface area contributed by atoms with E-state index in [0.717, 1.165) is 0 Å². The molecule has 1 heterocycles. The highest BCUT2D eigenvalue weighted by molar-refractivity contribution is 6.42. The summed E-state index contributed by atoms with van der Waals surface area (Å²) < 4.78 is 46.2. The van der Waals surface area contributed by atoms with E-state index in [1.54, 1.807) is 0 Å². The van der Waals surface area contributed by atoms with Crippen LogP contribution in [0.3, 0.4) is 0 Å². The number of fused-ring (bicyclic) bond motifs is 1. The molecule has 10 heteroatoms. The average molecular weight is 433 g/mol. The van der Waals surface area contributed by atoms with E-state index >= 15 is 0 Å². The smallest absolute Gasteiger partial charge is 0.409 e. The monoisotopic (exact) mass is 432 g/mol. The third-order valence-corrected chi connectivity index (χ3v) is 4.84. The number of carbonyl (C=O) groups is 2. The number of para-hydroxylation sites is 2. The van der Waals surface area contributed by atoms with Gasteiger partial charge in [0, 0.05) is 0 Å². The van der Waals surface area contributed by atoms with Crippen LogP contribution in [0, 0.1) is 0 Å². The molecule has 1 unspecified atom stereocenters. The van der Waals surface area contributed by atoms with E-state index in [1.165, 1.54) is 42.5 Å². The van der Waals surface area contributed by atoms with Crippen LogP contribution in [0.4, 0.5) is 24.5 Å². The van der Waals surface area contributed by atoms with Gasteiger partial charge in [0.15, 0.2) is 6.61 Å². The summed E-state index contributed by atoms with van der Waals surface area (Å²) >= 11 is 11.8. The van der Waals surface area contributed by atoms with Crippen molar-refractivity contribution in [1.29, 1.82) is 0 Å². The fourth-order valence-electron chi connectivity index (χ4n) is 2.80. The summed E-state index contributed by atoms with van der Waals surface area (Å²) in [6.45, 7) is -0.727. The predicted octanol–water partition coefficient (Wildman–Crippen LogP) is 4.68. The van der Waals surface area contributed by atoms with Crippen molar-refractivity contribution in [3.8, 4) is 5.75 Å². The quantitative estimate of drug-likeness (QED) is 0.765. The molecule has 0 bridgehead atoms. The minimum atomic E-state index is -4.82. The van der Waals surface area contributed by atoms with E-state index in [0.29, 0.717) is 4.90 Å². The number of alkyl halides is 3. The number of nitrogens with one attached hydrogen (secondary N) is 1. The molecule has 148 valence electrons. The lowest BCUT2D eigenvalue weighted by atomic mass is 10.1. The summed E-state index contributed by atoms with van der Waals surface area (Å²) in [6, 6.07) is 7.88. The normalized spacial score (nSPS) is 16.8. The Morgan fingerprint density at radius 2 is 1.89 bits per heavy atom. The highest BCUT2D eigenvalue weighted by Crippen LogP contribution is 2.38. The zero-order valence-electron chi connectivity index (χ0n) is 14.1. The summed E-state index contributed by atoms with van der Waals surface area (Å²) in [4.78, 5) is 25.2. The first-order chi connectivity index (χ1) is 13.2. The van der Waals surface area contributed by atoms with Gasteiger partial charge in [-0.3, -0.25) is 14.5 Å². The molecule has 0 saturated carbocycles. The lowest BCUT2D eigenvalue weighted by Crippen LogP contribution is -2.51. The van der Waals surface area contributed by atoms with E-state index in [9.17, 15) is 22.8 Å². The summed E-state index contributed by atoms with van der Waals surface area (Å²) in [6.07, 6.45) is -5.75. The average Bonchev–Trinajstić information content (AvgIpc) is 2.78. The minimum absolute atomic E-state index is 0.0393. The summed E-state index contributed by atoms with van der Waals surface area (Å²) in [5.74, 6) is -1.77. The molecule has 2 aromatic rings. The van der Waals surface area contributed by atoms with Crippen molar-refractivity contribution in [1.82, 2.24) is 0 Å². The Bertz CT molecular complexity index is 921. The van der Waals surface area contributed by atoms with Crippen LogP contribution in [0.2, 0.25) is 10.0 Å². The molecule has 0 aromatic heterocycles. The van der Waals surface area contributed by atoms with Gasteiger partial charge >= 0.3 is 6.18 Å². The van der Waals surface area contributed by atoms with Gasteiger partial charge < -0.3 is 10.1 Å².